The molecule has 0 aliphatic carbocycles. The molecule has 4 nitrogen and oxygen atoms in total. The Kier molecular flexibility index (Phi) is 5.13. The first-order valence-electron chi connectivity index (χ1n) is 14.2. The third kappa shape index (κ3) is 3.69. The molecule has 0 atom stereocenters. The van der Waals surface area contributed by atoms with Gasteiger partial charge in [-0.25, -0.2) is 0 Å². The molecule has 0 bridgehead atoms. The van der Waals surface area contributed by atoms with Crippen molar-refractivity contribution in [3.05, 3.63) is 109 Å². The number of para-hydroxylation sites is 2. The van der Waals surface area contributed by atoms with Gasteiger partial charge >= 0.3 is 7.12 Å². The minimum absolute atomic E-state index is 0.388. The Balaban J connectivity index is 1.26. The van der Waals surface area contributed by atoms with Gasteiger partial charge in [0.15, 0.2) is 0 Å². The van der Waals surface area contributed by atoms with Crippen LogP contribution in [0, 0.1) is 0 Å². The maximum atomic E-state index is 6.34. The van der Waals surface area contributed by atoms with Gasteiger partial charge in [-0.3, -0.25) is 0 Å². The van der Waals surface area contributed by atoms with Crippen LogP contribution in [0.1, 0.15) is 27.7 Å². The Morgan fingerprint density at radius 3 is 1.88 bits per heavy atom. The monoisotopic (exact) mass is 535 g/mol. The minimum atomic E-state index is -0.415. The highest BCUT2D eigenvalue weighted by Gasteiger charge is 2.51. The third-order valence-electron chi connectivity index (χ3n) is 9.04. The van der Waals surface area contributed by atoms with E-state index in [9.17, 15) is 0 Å². The van der Waals surface area contributed by atoms with Crippen LogP contribution in [-0.2, 0) is 9.31 Å². The first-order valence-corrected chi connectivity index (χ1v) is 14.2. The van der Waals surface area contributed by atoms with Crippen molar-refractivity contribution in [3.63, 3.8) is 0 Å². The molecular formula is C36H30BNO3. The van der Waals surface area contributed by atoms with E-state index in [-0.39, 0.29) is 11.2 Å². The van der Waals surface area contributed by atoms with Gasteiger partial charge in [0.25, 0.3) is 0 Å². The summed E-state index contributed by atoms with van der Waals surface area (Å²) >= 11 is 0. The van der Waals surface area contributed by atoms with Gasteiger partial charge in [0.2, 0.25) is 0 Å². The van der Waals surface area contributed by atoms with Crippen molar-refractivity contribution < 1.29 is 13.7 Å². The average Bonchev–Trinajstić information content (AvgIpc) is 3.58. The van der Waals surface area contributed by atoms with E-state index in [1.54, 1.807) is 0 Å². The van der Waals surface area contributed by atoms with E-state index >= 15 is 0 Å². The summed E-state index contributed by atoms with van der Waals surface area (Å²) in [6.07, 6.45) is 0. The lowest BCUT2D eigenvalue weighted by Crippen LogP contribution is -2.41. The number of nitrogens with zero attached hydrogens (tertiary/aromatic N) is 1. The summed E-state index contributed by atoms with van der Waals surface area (Å²) in [6.45, 7) is 8.33. The molecule has 2 aromatic heterocycles. The fourth-order valence-electron chi connectivity index (χ4n) is 6.11. The van der Waals surface area contributed by atoms with Crippen LogP contribution in [0.4, 0.5) is 0 Å². The summed E-state index contributed by atoms with van der Waals surface area (Å²) in [5.41, 5.74) is 7.85. The Morgan fingerprint density at radius 2 is 1.12 bits per heavy atom. The quantitative estimate of drug-likeness (QED) is 0.213. The van der Waals surface area contributed by atoms with Crippen LogP contribution in [0.5, 0.6) is 0 Å². The largest absolute Gasteiger partial charge is 0.494 e. The van der Waals surface area contributed by atoms with Crippen molar-refractivity contribution in [3.8, 4) is 16.8 Å². The number of aromatic nitrogens is 1. The molecule has 0 amide bonds. The van der Waals surface area contributed by atoms with Crippen LogP contribution in [-0.4, -0.2) is 22.9 Å². The normalized spacial score (nSPS) is 16.4. The number of benzene rings is 5. The zero-order chi connectivity index (χ0) is 27.9. The second kappa shape index (κ2) is 8.59. The molecule has 5 aromatic carbocycles. The van der Waals surface area contributed by atoms with Crippen molar-refractivity contribution in [2.45, 2.75) is 38.9 Å². The molecule has 0 unspecified atom stereocenters. The summed E-state index contributed by atoms with van der Waals surface area (Å²) in [7, 11) is -0.415. The molecule has 3 heterocycles. The molecule has 0 N–H and O–H groups in total. The molecule has 41 heavy (non-hydrogen) atoms. The molecule has 1 aliphatic rings. The molecule has 1 saturated heterocycles. The molecule has 200 valence electrons. The van der Waals surface area contributed by atoms with Crippen LogP contribution in [0.25, 0.3) is 60.6 Å². The van der Waals surface area contributed by atoms with Crippen LogP contribution in [0.2, 0.25) is 0 Å². The van der Waals surface area contributed by atoms with Gasteiger partial charge < -0.3 is 18.3 Å². The SMILES string of the molecule is CC1(C)OB(c2ccc3oc4ccc(-c5ccc6c(c5)c5ccccc5n6-c5ccccc5)cc4c3c2)OC1(C)C. The smallest absolute Gasteiger partial charge is 0.456 e. The molecular weight excluding hydrogens is 505 g/mol. The van der Waals surface area contributed by atoms with Crippen molar-refractivity contribution >= 4 is 56.3 Å². The topological polar surface area (TPSA) is 36.5 Å². The first-order chi connectivity index (χ1) is 19.8. The maximum absolute atomic E-state index is 6.34. The maximum Gasteiger partial charge on any atom is 0.494 e. The Hall–Kier alpha value is -4.32. The van der Waals surface area contributed by atoms with E-state index in [1.165, 1.54) is 27.4 Å². The molecule has 5 heteroatoms. The van der Waals surface area contributed by atoms with Crippen LogP contribution < -0.4 is 5.46 Å². The highest BCUT2D eigenvalue weighted by Crippen LogP contribution is 2.39. The predicted octanol–water partition coefficient (Wildman–Crippen LogP) is 8.65. The predicted molar refractivity (Wildman–Crippen MR) is 169 cm³/mol. The van der Waals surface area contributed by atoms with Crippen molar-refractivity contribution in [1.82, 2.24) is 4.57 Å². The zero-order valence-corrected chi connectivity index (χ0v) is 23.6. The van der Waals surface area contributed by atoms with Gasteiger partial charge in [-0.2, -0.15) is 0 Å². The standard InChI is InChI=1S/C36H30BNO3/c1-35(2)36(3,4)41-37(40-35)25-16-19-34-30(22-25)29-21-24(15-18-33(29)39-34)23-14-17-32-28(20-23)27-12-8-9-13-31(27)38(32)26-10-6-5-7-11-26/h5-22H,1-4H3. The van der Waals surface area contributed by atoms with E-state index in [2.05, 4.69) is 129 Å². The van der Waals surface area contributed by atoms with E-state index in [0.29, 0.717) is 0 Å². The van der Waals surface area contributed by atoms with E-state index in [0.717, 1.165) is 38.7 Å². The van der Waals surface area contributed by atoms with Gasteiger partial charge in [-0.1, -0.05) is 60.7 Å². The van der Waals surface area contributed by atoms with Gasteiger partial charge in [0, 0.05) is 27.2 Å². The van der Waals surface area contributed by atoms with Crippen LogP contribution in [0.3, 0.4) is 0 Å². The molecule has 1 fully saturated rings. The van der Waals surface area contributed by atoms with Crippen molar-refractivity contribution in [2.24, 2.45) is 0 Å². The van der Waals surface area contributed by atoms with Crippen LogP contribution >= 0.6 is 0 Å². The average molecular weight is 535 g/mol. The number of furan rings is 1. The fraction of sp³-hybridized carbons (Fsp3) is 0.167. The van der Waals surface area contributed by atoms with Gasteiger partial charge in [0.05, 0.1) is 22.2 Å². The molecule has 1 aliphatic heterocycles. The summed E-state index contributed by atoms with van der Waals surface area (Å²) in [5, 5.41) is 4.63. The zero-order valence-electron chi connectivity index (χ0n) is 23.6. The molecule has 0 spiro atoms. The summed E-state index contributed by atoms with van der Waals surface area (Å²) in [4.78, 5) is 0. The van der Waals surface area contributed by atoms with Gasteiger partial charge in [0.1, 0.15) is 11.2 Å². The van der Waals surface area contributed by atoms with Crippen LogP contribution in [0.15, 0.2) is 114 Å². The third-order valence-corrected chi connectivity index (χ3v) is 9.04. The number of rotatable bonds is 3. The Morgan fingerprint density at radius 1 is 0.537 bits per heavy atom. The molecule has 8 rings (SSSR count). The van der Waals surface area contributed by atoms with Gasteiger partial charge in [-0.15, -0.1) is 0 Å². The number of fused-ring (bicyclic) bond motifs is 6. The Bertz CT molecular complexity index is 2100. The highest BCUT2D eigenvalue weighted by atomic mass is 16.7. The molecule has 0 saturated carbocycles. The highest BCUT2D eigenvalue weighted by molar-refractivity contribution is 6.62. The number of hydrogen-bond acceptors (Lipinski definition) is 3. The Labute approximate surface area is 239 Å². The van der Waals surface area contributed by atoms with E-state index in [1.807, 2.05) is 12.1 Å². The second-order valence-corrected chi connectivity index (χ2v) is 12.1. The lowest BCUT2D eigenvalue weighted by atomic mass is 9.78. The first kappa shape index (κ1) is 24.5. The number of hydrogen-bond donors (Lipinski definition) is 0. The summed E-state index contributed by atoms with van der Waals surface area (Å²) < 4.78 is 21.3. The van der Waals surface area contributed by atoms with E-state index in [4.69, 9.17) is 13.7 Å². The van der Waals surface area contributed by atoms with Gasteiger partial charge in [-0.05, 0) is 92.8 Å². The molecule has 7 aromatic rings. The summed E-state index contributed by atoms with van der Waals surface area (Å²) in [6, 6.07) is 38.7. The lowest BCUT2D eigenvalue weighted by Gasteiger charge is -2.32. The van der Waals surface area contributed by atoms with E-state index < -0.39 is 7.12 Å². The fourth-order valence-corrected chi connectivity index (χ4v) is 6.11. The van der Waals surface area contributed by atoms with Crippen molar-refractivity contribution in [2.75, 3.05) is 0 Å². The van der Waals surface area contributed by atoms with Crippen molar-refractivity contribution in [1.29, 1.82) is 0 Å². The minimum Gasteiger partial charge on any atom is -0.456 e. The lowest BCUT2D eigenvalue weighted by molar-refractivity contribution is 0.00578. The summed E-state index contributed by atoms with van der Waals surface area (Å²) in [5.74, 6) is 0. The molecule has 0 radical (unpaired) electrons. The second-order valence-electron chi connectivity index (χ2n) is 12.1.